The number of carbonyl (C=O) groups excluding carboxylic acids is 1. The van der Waals surface area contributed by atoms with Crippen molar-refractivity contribution in [2.24, 2.45) is 0 Å². The van der Waals surface area contributed by atoms with Crippen molar-refractivity contribution >= 4 is 16.9 Å². The first-order chi connectivity index (χ1) is 15.5. The van der Waals surface area contributed by atoms with Crippen LogP contribution in [0, 0.1) is 6.92 Å². The Morgan fingerprint density at radius 3 is 2.53 bits per heavy atom. The van der Waals surface area contributed by atoms with E-state index in [0.29, 0.717) is 24.3 Å². The molecule has 2 aromatic carbocycles. The minimum absolute atomic E-state index is 0.248. The lowest BCUT2D eigenvalue weighted by Gasteiger charge is -2.43. The molecule has 5 heteroatoms. The van der Waals surface area contributed by atoms with Crippen LogP contribution in [0.1, 0.15) is 84.4 Å². The van der Waals surface area contributed by atoms with Crippen LogP contribution >= 0.6 is 0 Å². The fraction of sp³-hybridized carbons (Fsp3) is 0.444. The van der Waals surface area contributed by atoms with Gasteiger partial charge in [-0.25, -0.2) is 0 Å². The summed E-state index contributed by atoms with van der Waals surface area (Å²) >= 11 is 0. The van der Waals surface area contributed by atoms with E-state index in [9.17, 15) is 9.90 Å². The van der Waals surface area contributed by atoms with Crippen LogP contribution in [-0.2, 0) is 13.0 Å². The summed E-state index contributed by atoms with van der Waals surface area (Å²) in [7, 11) is 0. The van der Waals surface area contributed by atoms with Gasteiger partial charge in [0.1, 0.15) is 16.9 Å². The number of carbonyl (C=O) groups is 1. The predicted octanol–water partition coefficient (Wildman–Crippen LogP) is 5.75. The van der Waals surface area contributed by atoms with E-state index in [0.717, 1.165) is 59.9 Å². The van der Waals surface area contributed by atoms with Gasteiger partial charge >= 0.3 is 0 Å². The van der Waals surface area contributed by atoms with E-state index in [-0.39, 0.29) is 11.5 Å². The molecule has 3 aromatic rings. The number of fused-ring (bicyclic) bond motifs is 3. The van der Waals surface area contributed by atoms with Gasteiger partial charge in [-0.1, -0.05) is 37.6 Å². The molecule has 5 rings (SSSR count). The molecule has 1 spiro atoms. The summed E-state index contributed by atoms with van der Waals surface area (Å²) in [5.74, 6) is 0.774. The third-order valence-electron chi connectivity index (χ3n) is 7.18. The second-order valence-electron chi connectivity index (χ2n) is 9.33. The molecule has 1 fully saturated rings. The number of furan rings is 1. The van der Waals surface area contributed by atoms with Crippen LogP contribution in [0.5, 0.6) is 5.75 Å². The highest BCUT2D eigenvalue weighted by Gasteiger charge is 2.42. The van der Waals surface area contributed by atoms with Gasteiger partial charge in [-0.3, -0.25) is 4.79 Å². The number of aliphatic hydroxyl groups excluding tert-OH is 1. The summed E-state index contributed by atoms with van der Waals surface area (Å²) in [5, 5.41) is 14.9. The van der Waals surface area contributed by atoms with Gasteiger partial charge in [-0.15, -0.1) is 0 Å². The van der Waals surface area contributed by atoms with Gasteiger partial charge in [0.2, 0.25) is 0 Å². The Labute approximate surface area is 188 Å². The van der Waals surface area contributed by atoms with E-state index >= 15 is 0 Å². The van der Waals surface area contributed by atoms with Crippen molar-refractivity contribution in [3.8, 4) is 5.75 Å². The molecule has 0 bridgehead atoms. The monoisotopic (exact) mass is 433 g/mol. The zero-order valence-electron chi connectivity index (χ0n) is 18.9. The van der Waals surface area contributed by atoms with Gasteiger partial charge in [0.25, 0.3) is 5.91 Å². The van der Waals surface area contributed by atoms with Gasteiger partial charge in [-0.2, -0.15) is 0 Å². The normalized spacial score (nSPS) is 19.5. The number of rotatable bonds is 4. The van der Waals surface area contributed by atoms with Gasteiger partial charge < -0.3 is 19.6 Å². The highest BCUT2D eigenvalue weighted by Crippen LogP contribution is 2.49. The molecule has 1 saturated carbocycles. The van der Waals surface area contributed by atoms with Crippen molar-refractivity contribution < 1.29 is 19.1 Å². The first kappa shape index (κ1) is 21.1. The highest BCUT2D eigenvalue weighted by atomic mass is 16.5. The maximum atomic E-state index is 12.9. The van der Waals surface area contributed by atoms with Crippen molar-refractivity contribution in [3.05, 3.63) is 64.4 Å². The molecular weight excluding hydrogens is 402 g/mol. The Morgan fingerprint density at radius 2 is 1.81 bits per heavy atom. The molecule has 1 aromatic heterocycles. The molecule has 5 nitrogen and oxygen atoms in total. The third kappa shape index (κ3) is 3.69. The molecule has 32 heavy (non-hydrogen) atoms. The van der Waals surface area contributed by atoms with E-state index in [4.69, 9.17) is 9.15 Å². The SMILES string of the molecule is CCc1ccc(CNC(=O)c2oc3ccc4c(c3c2C)C(O)CC2(CCCCC2)O4)cc1. The average molecular weight is 434 g/mol. The smallest absolute Gasteiger partial charge is 0.287 e. The molecule has 168 valence electrons. The molecule has 1 atom stereocenters. The van der Waals surface area contributed by atoms with E-state index in [1.54, 1.807) is 0 Å². The highest BCUT2D eigenvalue weighted by molar-refractivity contribution is 6.00. The molecular formula is C27H31NO4. The molecule has 1 unspecified atom stereocenters. The lowest BCUT2D eigenvalue weighted by atomic mass is 9.77. The molecule has 1 aliphatic carbocycles. The number of nitrogens with one attached hydrogen (secondary N) is 1. The Bertz CT molecular complexity index is 1140. The number of benzene rings is 2. The first-order valence-corrected chi connectivity index (χ1v) is 11.8. The van der Waals surface area contributed by atoms with Crippen molar-refractivity contribution in [1.29, 1.82) is 0 Å². The fourth-order valence-electron chi connectivity index (χ4n) is 5.38. The van der Waals surface area contributed by atoms with Crippen molar-refractivity contribution in [2.75, 3.05) is 0 Å². The molecule has 2 aliphatic rings. The topological polar surface area (TPSA) is 71.7 Å². The van der Waals surface area contributed by atoms with Gasteiger partial charge in [-0.05, 0) is 62.3 Å². The van der Waals surface area contributed by atoms with Gasteiger partial charge in [0.15, 0.2) is 5.76 Å². The van der Waals surface area contributed by atoms with E-state index in [2.05, 4.69) is 24.4 Å². The zero-order chi connectivity index (χ0) is 22.3. The Kier molecular flexibility index (Phi) is 5.46. The van der Waals surface area contributed by atoms with E-state index < -0.39 is 6.10 Å². The van der Waals surface area contributed by atoms with Gasteiger partial charge in [0, 0.05) is 29.5 Å². The molecule has 1 aliphatic heterocycles. The van der Waals surface area contributed by atoms with Gasteiger partial charge in [0.05, 0.1) is 6.10 Å². The molecule has 0 saturated heterocycles. The van der Waals surface area contributed by atoms with Crippen LogP contribution in [0.2, 0.25) is 0 Å². The number of ether oxygens (including phenoxy) is 1. The Morgan fingerprint density at radius 1 is 1.09 bits per heavy atom. The lowest BCUT2D eigenvalue weighted by molar-refractivity contribution is -0.0373. The zero-order valence-corrected chi connectivity index (χ0v) is 18.9. The molecule has 2 N–H and O–H groups in total. The van der Waals surface area contributed by atoms with Crippen LogP contribution < -0.4 is 10.1 Å². The van der Waals surface area contributed by atoms with Crippen LogP contribution in [-0.4, -0.2) is 16.6 Å². The first-order valence-electron chi connectivity index (χ1n) is 11.8. The molecule has 2 heterocycles. The van der Waals surface area contributed by atoms with Crippen LogP contribution in [0.4, 0.5) is 0 Å². The van der Waals surface area contributed by atoms with Crippen LogP contribution in [0.25, 0.3) is 11.0 Å². The number of hydrogen-bond donors (Lipinski definition) is 2. The van der Waals surface area contributed by atoms with Crippen LogP contribution in [0.15, 0.2) is 40.8 Å². The second-order valence-corrected chi connectivity index (χ2v) is 9.33. The predicted molar refractivity (Wildman–Crippen MR) is 124 cm³/mol. The number of aliphatic hydroxyl groups is 1. The molecule has 1 amide bonds. The number of amides is 1. The molecule has 0 radical (unpaired) electrons. The second kappa shape index (κ2) is 8.28. The Hall–Kier alpha value is -2.79. The lowest BCUT2D eigenvalue weighted by Crippen LogP contribution is -2.42. The minimum Gasteiger partial charge on any atom is -0.487 e. The van der Waals surface area contributed by atoms with Crippen molar-refractivity contribution in [3.63, 3.8) is 0 Å². The summed E-state index contributed by atoms with van der Waals surface area (Å²) in [5.41, 5.74) is 4.17. The summed E-state index contributed by atoms with van der Waals surface area (Å²) < 4.78 is 12.4. The summed E-state index contributed by atoms with van der Waals surface area (Å²) in [4.78, 5) is 12.9. The van der Waals surface area contributed by atoms with E-state index in [1.807, 2.05) is 31.2 Å². The summed E-state index contributed by atoms with van der Waals surface area (Å²) in [6.07, 6.45) is 6.45. The van der Waals surface area contributed by atoms with Crippen molar-refractivity contribution in [2.45, 2.75) is 77.0 Å². The number of aryl methyl sites for hydroxylation is 2. The summed E-state index contributed by atoms with van der Waals surface area (Å²) in [6, 6.07) is 12.0. The minimum atomic E-state index is -0.621. The van der Waals surface area contributed by atoms with Crippen LogP contribution in [0.3, 0.4) is 0 Å². The summed E-state index contributed by atoms with van der Waals surface area (Å²) in [6.45, 7) is 4.44. The number of hydrogen-bond acceptors (Lipinski definition) is 4. The van der Waals surface area contributed by atoms with Crippen molar-refractivity contribution in [1.82, 2.24) is 5.32 Å². The average Bonchev–Trinajstić information content (AvgIpc) is 3.14. The third-order valence-corrected chi connectivity index (χ3v) is 7.18. The fourth-order valence-corrected chi connectivity index (χ4v) is 5.38. The van der Waals surface area contributed by atoms with E-state index in [1.165, 1.54) is 12.0 Å². The standard InChI is InChI=1S/C27H31NO4/c1-3-18-7-9-19(10-8-18)16-28-26(30)25-17(2)23-21(31-25)11-12-22-24(23)20(29)15-27(32-22)13-5-4-6-14-27/h7-12,20,29H,3-6,13-16H2,1-2H3,(H,28,30). The maximum absolute atomic E-state index is 12.9. The maximum Gasteiger partial charge on any atom is 0.287 e. The Balaban J connectivity index is 1.41. The largest absolute Gasteiger partial charge is 0.487 e. The quantitative estimate of drug-likeness (QED) is 0.549.